The lowest BCUT2D eigenvalue weighted by Gasteiger charge is -2.17. The number of carbonyl (C=O) groups is 1. The first kappa shape index (κ1) is 16.9. The Morgan fingerprint density at radius 1 is 1.23 bits per heavy atom. The molecule has 2 aromatic rings. The van der Waals surface area contributed by atoms with Gasteiger partial charge in [-0.15, -0.1) is 0 Å². The Hall–Kier alpha value is -2.56. The lowest BCUT2D eigenvalue weighted by Crippen LogP contribution is -2.14. The summed E-state index contributed by atoms with van der Waals surface area (Å²) in [7, 11) is 0. The van der Waals surface area contributed by atoms with Crippen LogP contribution in [0, 0.1) is 5.92 Å². The number of hydrogen-bond acceptors (Lipinski definition) is 4. The smallest absolute Gasteiger partial charge is 0.303 e. The van der Waals surface area contributed by atoms with E-state index in [0.717, 1.165) is 49.4 Å². The van der Waals surface area contributed by atoms with Crippen molar-refractivity contribution in [2.75, 3.05) is 18.5 Å². The summed E-state index contributed by atoms with van der Waals surface area (Å²) in [5, 5.41) is 12.2. The second kappa shape index (κ2) is 7.36. The van der Waals surface area contributed by atoms with Gasteiger partial charge in [-0.1, -0.05) is 12.1 Å². The van der Waals surface area contributed by atoms with E-state index in [2.05, 4.69) is 29.6 Å². The quantitative estimate of drug-likeness (QED) is 0.796. The standard InChI is InChI=1S/C21H24N2O3/c24-21(25)13-15-12-18(15)14-3-6-17(7-4-14)26-11-9-16-5-8-19-20(23-16)2-1-10-22-19/h3-8,15,18,22H,1-2,9-13H2,(H,24,25). The molecule has 2 N–H and O–H groups in total. The van der Waals surface area contributed by atoms with Gasteiger partial charge in [-0.3, -0.25) is 9.78 Å². The predicted molar refractivity (Wildman–Crippen MR) is 99.8 cm³/mol. The number of anilines is 1. The second-order valence-electron chi connectivity index (χ2n) is 7.19. The molecule has 1 aromatic carbocycles. The van der Waals surface area contributed by atoms with Gasteiger partial charge in [-0.2, -0.15) is 0 Å². The van der Waals surface area contributed by atoms with Crippen molar-refractivity contribution in [3.05, 3.63) is 53.3 Å². The number of ether oxygens (including phenoxy) is 1. The van der Waals surface area contributed by atoms with Crippen LogP contribution < -0.4 is 10.1 Å². The average Bonchev–Trinajstić information content (AvgIpc) is 3.40. The number of nitrogens with one attached hydrogen (secondary N) is 1. The minimum Gasteiger partial charge on any atom is -0.493 e. The van der Waals surface area contributed by atoms with Crippen LogP contribution in [0.3, 0.4) is 0 Å². The fourth-order valence-corrected chi connectivity index (χ4v) is 3.71. The summed E-state index contributed by atoms with van der Waals surface area (Å²) in [6.45, 7) is 1.63. The van der Waals surface area contributed by atoms with Crippen LogP contribution in [-0.4, -0.2) is 29.2 Å². The summed E-state index contributed by atoms with van der Waals surface area (Å²) in [5.41, 5.74) is 4.61. The summed E-state index contributed by atoms with van der Waals surface area (Å²) in [6.07, 6.45) is 4.22. The van der Waals surface area contributed by atoms with E-state index >= 15 is 0 Å². The third-order valence-electron chi connectivity index (χ3n) is 5.23. The van der Waals surface area contributed by atoms with E-state index in [0.29, 0.717) is 18.4 Å². The van der Waals surface area contributed by atoms with E-state index in [1.165, 1.54) is 11.3 Å². The molecule has 0 spiro atoms. The van der Waals surface area contributed by atoms with Crippen molar-refractivity contribution < 1.29 is 14.6 Å². The molecule has 26 heavy (non-hydrogen) atoms. The van der Waals surface area contributed by atoms with Gasteiger partial charge in [0.05, 0.1) is 18.0 Å². The van der Waals surface area contributed by atoms with Crippen molar-refractivity contribution in [2.45, 2.75) is 38.0 Å². The topological polar surface area (TPSA) is 71.5 Å². The summed E-state index contributed by atoms with van der Waals surface area (Å²) >= 11 is 0. The van der Waals surface area contributed by atoms with Gasteiger partial charge in [0.15, 0.2) is 0 Å². The average molecular weight is 352 g/mol. The maximum absolute atomic E-state index is 10.8. The number of carboxylic acid groups (broad SMARTS) is 1. The largest absolute Gasteiger partial charge is 0.493 e. The zero-order valence-electron chi connectivity index (χ0n) is 14.8. The normalized spacial score (nSPS) is 20.8. The van der Waals surface area contributed by atoms with Crippen molar-refractivity contribution in [3.63, 3.8) is 0 Å². The lowest BCUT2D eigenvalue weighted by atomic mass is 10.1. The first-order chi connectivity index (χ1) is 12.7. The van der Waals surface area contributed by atoms with E-state index < -0.39 is 5.97 Å². The summed E-state index contributed by atoms with van der Waals surface area (Å²) in [5.74, 6) is 0.838. The van der Waals surface area contributed by atoms with Crippen molar-refractivity contribution in [1.29, 1.82) is 0 Å². The molecule has 0 saturated heterocycles. The Morgan fingerprint density at radius 2 is 2.08 bits per heavy atom. The predicted octanol–water partition coefficient (Wildman–Crippen LogP) is 3.64. The van der Waals surface area contributed by atoms with Crippen LogP contribution in [0.15, 0.2) is 36.4 Å². The summed E-state index contributed by atoms with van der Waals surface area (Å²) in [4.78, 5) is 15.5. The number of hydrogen-bond donors (Lipinski definition) is 2. The fraction of sp³-hybridized carbons (Fsp3) is 0.429. The third-order valence-corrected chi connectivity index (χ3v) is 5.23. The van der Waals surface area contributed by atoms with Crippen molar-refractivity contribution >= 4 is 11.7 Å². The summed E-state index contributed by atoms with van der Waals surface area (Å²) < 4.78 is 5.85. The van der Waals surface area contributed by atoms with E-state index in [4.69, 9.17) is 14.8 Å². The van der Waals surface area contributed by atoms with E-state index in [9.17, 15) is 4.79 Å². The molecule has 1 fully saturated rings. The molecule has 4 rings (SSSR count). The van der Waals surface area contributed by atoms with E-state index in [1.54, 1.807) is 0 Å². The van der Waals surface area contributed by atoms with Crippen LogP contribution in [0.25, 0.3) is 0 Å². The molecule has 1 aromatic heterocycles. The van der Waals surface area contributed by atoms with Gasteiger partial charge in [-0.25, -0.2) is 0 Å². The highest BCUT2D eigenvalue weighted by molar-refractivity contribution is 5.67. The molecule has 2 unspecified atom stereocenters. The van der Waals surface area contributed by atoms with Crippen molar-refractivity contribution in [1.82, 2.24) is 4.98 Å². The molecule has 1 aliphatic heterocycles. The van der Waals surface area contributed by atoms with Crippen LogP contribution in [0.5, 0.6) is 5.75 Å². The van der Waals surface area contributed by atoms with Gasteiger partial charge in [0, 0.05) is 25.1 Å². The van der Waals surface area contributed by atoms with E-state index in [1.807, 2.05) is 12.1 Å². The number of carboxylic acids is 1. The van der Waals surface area contributed by atoms with Crippen molar-refractivity contribution in [2.24, 2.45) is 5.92 Å². The number of aryl methyl sites for hydroxylation is 1. The molecule has 2 atom stereocenters. The second-order valence-corrected chi connectivity index (χ2v) is 7.19. The number of pyridine rings is 1. The Bertz CT molecular complexity index is 788. The summed E-state index contributed by atoms with van der Waals surface area (Å²) in [6, 6.07) is 12.3. The number of rotatable bonds is 7. The molecule has 0 amide bonds. The van der Waals surface area contributed by atoms with Gasteiger partial charge in [0.25, 0.3) is 0 Å². The van der Waals surface area contributed by atoms with Crippen molar-refractivity contribution in [3.8, 4) is 5.75 Å². The molecule has 1 aliphatic carbocycles. The van der Waals surface area contributed by atoms with Gasteiger partial charge in [0.1, 0.15) is 5.75 Å². The zero-order valence-corrected chi connectivity index (χ0v) is 14.8. The minimum absolute atomic E-state index is 0.270. The third kappa shape index (κ3) is 3.98. The highest BCUT2D eigenvalue weighted by Crippen LogP contribution is 2.49. The highest BCUT2D eigenvalue weighted by Gasteiger charge is 2.39. The van der Waals surface area contributed by atoms with Gasteiger partial charge < -0.3 is 15.2 Å². The highest BCUT2D eigenvalue weighted by atomic mass is 16.5. The molecule has 1 saturated carbocycles. The molecule has 0 bridgehead atoms. The molecule has 5 nitrogen and oxygen atoms in total. The zero-order chi connectivity index (χ0) is 17.9. The maximum Gasteiger partial charge on any atom is 0.303 e. The molecule has 136 valence electrons. The number of benzene rings is 1. The van der Waals surface area contributed by atoms with Gasteiger partial charge >= 0.3 is 5.97 Å². The number of aromatic nitrogens is 1. The van der Waals surface area contributed by atoms with E-state index in [-0.39, 0.29) is 6.42 Å². The molecule has 2 aliphatic rings. The SMILES string of the molecule is O=C(O)CC1CC1c1ccc(OCCc2ccc3c(n2)CCCN3)cc1. The number of aliphatic carboxylic acids is 1. The molecule has 2 heterocycles. The van der Waals surface area contributed by atoms with Crippen LogP contribution in [0.4, 0.5) is 5.69 Å². The Kier molecular flexibility index (Phi) is 4.78. The van der Waals surface area contributed by atoms with Crippen LogP contribution in [0.2, 0.25) is 0 Å². The lowest BCUT2D eigenvalue weighted by molar-refractivity contribution is -0.137. The Labute approximate surface area is 153 Å². The van der Waals surface area contributed by atoms with Gasteiger partial charge in [-0.05, 0) is 60.9 Å². The number of nitrogens with zero attached hydrogens (tertiary/aromatic N) is 1. The Morgan fingerprint density at radius 3 is 2.88 bits per heavy atom. The van der Waals surface area contributed by atoms with Crippen LogP contribution in [-0.2, 0) is 17.6 Å². The Balaban J connectivity index is 1.27. The van der Waals surface area contributed by atoms with Gasteiger partial charge in [0.2, 0.25) is 0 Å². The fourth-order valence-electron chi connectivity index (χ4n) is 3.71. The monoisotopic (exact) mass is 352 g/mol. The number of fused-ring (bicyclic) bond motifs is 1. The first-order valence-electron chi connectivity index (χ1n) is 9.36. The minimum atomic E-state index is -0.705. The maximum atomic E-state index is 10.8. The molecule has 0 radical (unpaired) electrons. The molecule has 5 heteroatoms. The van der Waals surface area contributed by atoms with Crippen LogP contribution >= 0.6 is 0 Å². The first-order valence-corrected chi connectivity index (χ1v) is 9.36. The molecular weight excluding hydrogens is 328 g/mol. The molecular formula is C21H24N2O3. The van der Waals surface area contributed by atoms with Crippen LogP contribution in [0.1, 0.15) is 42.1 Å².